The molecule has 6 nitrogen and oxygen atoms in total. The molecule has 1 aromatic rings. The molecule has 1 amide bonds. The van der Waals surface area contributed by atoms with E-state index in [1.165, 1.54) is 0 Å². The number of nitrogens with zero attached hydrogens (tertiary/aromatic N) is 2. The van der Waals surface area contributed by atoms with E-state index in [9.17, 15) is 9.59 Å². The van der Waals surface area contributed by atoms with Crippen LogP contribution < -0.4 is 10.3 Å². The zero-order valence-electron chi connectivity index (χ0n) is 13.6. The van der Waals surface area contributed by atoms with Gasteiger partial charge in [0.2, 0.25) is 0 Å². The Hall–Kier alpha value is -2.37. The minimum Gasteiger partial charge on any atom is -0.481 e. The van der Waals surface area contributed by atoms with E-state index in [0.717, 1.165) is 30.8 Å². The molecule has 124 valence electrons. The molecule has 6 heteroatoms. The Labute approximate surface area is 136 Å². The van der Waals surface area contributed by atoms with Crippen LogP contribution >= 0.6 is 0 Å². The first-order valence-electron chi connectivity index (χ1n) is 7.94. The van der Waals surface area contributed by atoms with Crippen molar-refractivity contribution in [1.82, 2.24) is 5.32 Å². The number of benzene rings is 1. The molecule has 0 aliphatic carbocycles. The van der Waals surface area contributed by atoms with Gasteiger partial charge in [0.1, 0.15) is 0 Å². The van der Waals surface area contributed by atoms with Crippen LogP contribution in [0.5, 0.6) is 0 Å². The average molecular weight is 317 g/mol. The number of carbonyl (C=O) groups excluding carboxylic acids is 1. The van der Waals surface area contributed by atoms with Crippen LogP contribution in [-0.4, -0.2) is 35.8 Å². The van der Waals surface area contributed by atoms with Crippen LogP contribution in [-0.2, 0) is 4.79 Å². The Morgan fingerprint density at radius 1 is 1.35 bits per heavy atom. The van der Waals surface area contributed by atoms with Gasteiger partial charge >= 0.3 is 5.97 Å². The highest BCUT2D eigenvalue weighted by Crippen LogP contribution is 2.19. The molecule has 0 saturated heterocycles. The Bertz CT molecular complexity index is 596. The van der Waals surface area contributed by atoms with Gasteiger partial charge in [-0.15, -0.1) is 0 Å². The maximum absolute atomic E-state index is 12.1. The van der Waals surface area contributed by atoms with E-state index < -0.39 is 11.9 Å². The number of hydrogen-bond acceptors (Lipinski definition) is 4. The van der Waals surface area contributed by atoms with Crippen molar-refractivity contribution in [2.75, 3.05) is 18.1 Å². The van der Waals surface area contributed by atoms with Gasteiger partial charge in [-0.2, -0.15) is 5.10 Å². The SMILES string of the molecule is CCCC(CNC(=O)c1ccc(N2CCC(C)=N2)cc1)C(=O)O. The van der Waals surface area contributed by atoms with E-state index in [4.69, 9.17) is 5.11 Å². The highest BCUT2D eigenvalue weighted by atomic mass is 16.4. The summed E-state index contributed by atoms with van der Waals surface area (Å²) >= 11 is 0. The van der Waals surface area contributed by atoms with Gasteiger partial charge in [0.15, 0.2) is 0 Å². The van der Waals surface area contributed by atoms with Crippen LogP contribution in [0.25, 0.3) is 0 Å². The predicted octanol–water partition coefficient (Wildman–Crippen LogP) is 2.50. The second-order valence-electron chi connectivity index (χ2n) is 5.79. The summed E-state index contributed by atoms with van der Waals surface area (Å²) in [4.78, 5) is 23.2. The number of hydrogen-bond donors (Lipinski definition) is 2. The van der Waals surface area contributed by atoms with Crippen molar-refractivity contribution in [2.24, 2.45) is 11.0 Å². The Morgan fingerprint density at radius 2 is 2.04 bits per heavy atom. The molecule has 0 radical (unpaired) electrons. The average Bonchev–Trinajstić information content (AvgIpc) is 2.97. The fourth-order valence-corrected chi connectivity index (χ4v) is 2.52. The molecule has 0 spiro atoms. The van der Waals surface area contributed by atoms with Crippen molar-refractivity contribution >= 4 is 23.3 Å². The van der Waals surface area contributed by atoms with Gasteiger partial charge in [-0.1, -0.05) is 13.3 Å². The molecule has 23 heavy (non-hydrogen) atoms. The molecule has 1 unspecified atom stereocenters. The number of hydrazone groups is 1. The van der Waals surface area contributed by atoms with Gasteiger partial charge in [0.25, 0.3) is 5.91 Å². The summed E-state index contributed by atoms with van der Waals surface area (Å²) in [6.45, 7) is 4.93. The molecule has 1 aromatic carbocycles. The predicted molar refractivity (Wildman–Crippen MR) is 89.9 cm³/mol. The van der Waals surface area contributed by atoms with Gasteiger partial charge < -0.3 is 10.4 Å². The minimum absolute atomic E-state index is 0.152. The van der Waals surface area contributed by atoms with Gasteiger partial charge in [0.05, 0.1) is 11.6 Å². The summed E-state index contributed by atoms with van der Waals surface area (Å²) < 4.78 is 0. The summed E-state index contributed by atoms with van der Waals surface area (Å²) in [5.74, 6) is -1.66. The van der Waals surface area contributed by atoms with Crippen molar-refractivity contribution in [2.45, 2.75) is 33.1 Å². The van der Waals surface area contributed by atoms with Crippen LogP contribution in [0.4, 0.5) is 5.69 Å². The Kier molecular flexibility index (Phi) is 5.73. The zero-order chi connectivity index (χ0) is 16.8. The fraction of sp³-hybridized carbons (Fsp3) is 0.471. The highest BCUT2D eigenvalue weighted by molar-refractivity contribution is 5.95. The van der Waals surface area contributed by atoms with Crippen LogP contribution in [0.1, 0.15) is 43.5 Å². The van der Waals surface area contributed by atoms with E-state index in [2.05, 4.69) is 10.4 Å². The van der Waals surface area contributed by atoms with E-state index in [0.29, 0.717) is 12.0 Å². The lowest BCUT2D eigenvalue weighted by atomic mass is 10.0. The quantitative estimate of drug-likeness (QED) is 0.809. The lowest BCUT2D eigenvalue weighted by Crippen LogP contribution is -2.32. The van der Waals surface area contributed by atoms with Gasteiger partial charge in [0, 0.05) is 30.8 Å². The highest BCUT2D eigenvalue weighted by Gasteiger charge is 2.18. The second-order valence-corrected chi connectivity index (χ2v) is 5.79. The molecule has 1 aliphatic heterocycles. The molecule has 0 aromatic heterocycles. The van der Waals surface area contributed by atoms with Crippen LogP contribution in [0, 0.1) is 5.92 Å². The number of anilines is 1. The smallest absolute Gasteiger partial charge is 0.308 e. The Morgan fingerprint density at radius 3 is 2.57 bits per heavy atom. The molecular weight excluding hydrogens is 294 g/mol. The zero-order valence-corrected chi connectivity index (χ0v) is 13.6. The lowest BCUT2D eigenvalue weighted by molar-refractivity contribution is -0.141. The first kappa shape index (κ1) is 17.0. The molecule has 1 heterocycles. The van der Waals surface area contributed by atoms with Crippen molar-refractivity contribution in [3.8, 4) is 0 Å². The van der Waals surface area contributed by atoms with E-state index >= 15 is 0 Å². The summed E-state index contributed by atoms with van der Waals surface area (Å²) in [6, 6.07) is 7.20. The summed E-state index contributed by atoms with van der Waals surface area (Å²) in [5, 5.41) is 18.1. The number of aliphatic carboxylic acids is 1. The van der Waals surface area contributed by atoms with Gasteiger partial charge in [-0.05, 0) is 37.6 Å². The largest absolute Gasteiger partial charge is 0.481 e. The maximum Gasteiger partial charge on any atom is 0.308 e. The monoisotopic (exact) mass is 317 g/mol. The number of rotatable bonds is 7. The van der Waals surface area contributed by atoms with Crippen LogP contribution in [0.3, 0.4) is 0 Å². The number of carbonyl (C=O) groups is 2. The molecule has 2 rings (SSSR count). The normalized spacial score (nSPS) is 15.2. The maximum atomic E-state index is 12.1. The van der Waals surface area contributed by atoms with Crippen molar-refractivity contribution in [3.05, 3.63) is 29.8 Å². The van der Waals surface area contributed by atoms with Crippen molar-refractivity contribution < 1.29 is 14.7 Å². The van der Waals surface area contributed by atoms with Crippen LogP contribution in [0.15, 0.2) is 29.4 Å². The number of carboxylic acids is 1. The first-order chi connectivity index (χ1) is 11.0. The molecule has 1 aliphatic rings. The Balaban J connectivity index is 1.93. The molecule has 0 saturated carbocycles. The van der Waals surface area contributed by atoms with Gasteiger partial charge in [-0.3, -0.25) is 14.6 Å². The standard InChI is InChI=1S/C17H23N3O3/c1-3-4-14(17(22)23)11-18-16(21)13-5-7-15(8-6-13)20-10-9-12(2)19-20/h5-8,14H,3-4,9-11H2,1-2H3,(H,18,21)(H,22,23). The van der Waals surface area contributed by atoms with E-state index in [-0.39, 0.29) is 12.5 Å². The van der Waals surface area contributed by atoms with E-state index in [1.54, 1.807) is 12.1 Å². The summed E-state index contributed by atoms with van der Waals surface area (Å²) in [7, 11) is 0. The topological polar surface area (TPSA) is 82.0 Å². The number of amides is 1. The number of nitrogens with one attached hydrogen (secondary N) is 1. The lowest BCUT2D eigenvalue weighted by Gasteiger charge is -2.15. The third-order valence-electron chi connectivity index (χ3n) is 3.90. The molecular formula is C17H23N3O3. The summed E-state index contributed by atoms with van der Waals surface area (Å²) in [5.41, 5.74) is 2.57. The van der Waals surface area contributed by atoms with Crippen molar-refractivity contribution in [3.63, 3.8) is 0 Å². The minimum atomic E-state index is -0.871. The third kappa shape index (κ3) is 4.55. The second kappa shape index (κ2) is 7.76. The third-order valence-corrected chi connectivity index (χ3v) is 3.90. The van der Waals surface area contributed by atoms with Crippen molar-refractivity contribution in [1.29, 1.82) is 0 Å². The summed E-state index contributed by atoms with van der Waals surface area (Å²) in [6.07, 6.45) is 2.29. The van der Waals surface area contributed by atoms with Gasteiger partial charge in [-0.25, -0.2) is 0 Å². The molecule has 0 fully saturated rings. The molecule has 0 bridgehead atoms. The van der Waals surface area contributed by atoms with E-state index in [1.807, 2.05) is 31.0 Å². The first-order valence-corrected chi connectivity index (χ1v) is 7.94. The number of carboxylic acid groups (broad SMARTS) is 1. The van der Waals surface area contributed by atoms with Crippen LogP contribution in [0.2, 0.25) is 0 Å². The molecule has 2 N–H and O–H groups in total. The molecule has 1 atom stereocenters. The fourth-order valence-electron chi connectivity index (χ4n) is 2.52.